The Labute approximate surface area is 123 Å². The Morgan fingerprint density at radius 2 is 2.05 bits per heavy atom. The molecule has 1 unspecified atom stereocenters. The number of hydrogen-bond donors (Lipinski definition) is 1. The van der Waals surface area contributed by atoms with Crippen molar-refractivity contribution in [3.05, 3.63) is 35.4 Å². The van der Waals surface area contributed by atoms with E-state index in [2.05, 4.69) is 0 Å². The molecule has 114 valence electrons. The van der Waals surface area contributed by atoms with Gasteiger partial charge in [0.1, 0.15) is 0 Å². The van der Waals surface area contributed by atoms with E-state index in [1.54, 1.807) is 41.1 Å². The molecule has 1 heterocycles. The Hall–Kier alpha value is -2.08. The normalized spacial score (nSPS) is 18.4. The fraction of sp³-hybridized carbons (Fsp3) is 0.467. The van der Waals surface area contributed by atoms with Crippen molar-refractivity contribution in [2.45, 2.75) is 19.5 Å². The smallest absolute Gasteiger partial charge is 0.335 e. The molecule has 1 aliphatic rings. The molecular weight excluding hydrogens is 272 g/mol. The molecular formula is C15H20N2O4. The van der Waals surface area contributed by atoms with Crippen molar-refractivity contribution in [2.24, 2.45) is 0 Å². The zero-order valence-corrected chi connectivity index (χ0v) is 12.3. The lowest BCUT2D eigenvalue weighted by Gasteiger charge is -2.36. The van der Waals surface area contributed by atoms with Crippen LogP contribution in [0.3, 0.4) is 0 Å². The molecule has 1 saturated heterocycles. The number of nitrogens with zero attached hydrogens (tertiary/aromatic N) is 2. The molecule has 0 spiro atoms. The second-order valence-electron chi connectivity index (χ2n) is 5.26. The molecule has 6 nitrogen and oxygen atoms in total. The Morgan fingerprint density at radius 3 is 2.62 bits per heavy atom. The molecule has 1 N–H and O–H groups in total. The second-order valence-corrected chi connectivity index (χ2v) is 5.26. The molecule has 1 fully saturated rings. The van der Waals surface area contributed by atoms with Gasteiger partial charge in [-0.05, 0) is 24.6 Å². The van der Waals surface area contributed by atoms with E-state index in [1.807, 2.05) is 6.92 Å². The van der Waals surface area contributed by atoms with Crippen molar-refractivity contribution in [3.63, 3.8) is 0 Å². The van der Waals surface area contributed by atoms with Crippen molar-refractivity contribution < 1.29 is 19.4 Å². The number of carboxylic acid groups (broad SMARTS) is 1. The molecule has 1 aromatic carbocycles. The van der Waals surface area contributed by atoms with Crippen LogP contribution in [0, 0.1) is 0 Å². The second kappa shape index (κ2) is 6.58. The molecule has 1 aromatic rings. The highest BCUT2D eigenvalue weighted by molar-refractivity contribution is 5.87. The van der Waals surface area contributed by atoms with Gasteiger partial charge in [-0.15, -0.1) is 0 Å². The van der Waals surface area contributed by atoms with Crippen LogP contribution >= 0.6 is 0 Å². The fourth-order valence-corrected chi connectivity index (χ4v) is 2.32. The number of morpholine rings is 1. The first kappa shape index (κ1) is 15.3. The predicted molar refractivity (Wildman–Crippen MR) is 77.3 cm³/mol. The summed E-state index contributed by atoms with van der Waals surface area (Å²) in [5, 5.41) is 8.86. The van der Waals surface area contributed by atoms with Gasteiger partial charge in [0.05, 0.1) is 24.8 Å². The number of carbonyl (C=O) groups excluding carboxylic acids is 1. The van der Waals surface area contributed by atoms with E-state index in [4.69, 9.17) is 9.84 Å². The molecule has 6 heteroatoms. The highest BCUT2D eigenvalue weighted by atomic mass is 16.5. The van der Waals surface area contributed by atoms with Gasteiger partial charge in [0, 0.05) is 20.1 Å². The number of aromatic carboxylic acids is 1. The topological polar surface area (TPSA) is 70.1 Å². The van der Waals surface area contributed by atoms with Crippen LogP contribution in [0.15, 0.2) is 24.3 Å². The molecule has 2 amide bonds. The van der Waals surface area contributed by atoms with Crippen LogP contribution in [0.1, 0.15) is 22.8 Å². The molecule has 0 radical (unpaired) electrons. The number of hydrogen-bond acceptors (Lipinski definition) is 3. The van der Waals surface area contributed by atoms with Gasteiger partial charge in [-0.2, -0.15) is 0 Å². The molecule has 2 rings (SSSR count). The van der Waals surface area contributed by atoms with Crippen molar-refractivity contribution in [3.8, 4) is 0 Å². The largest absolute Gasteiger partial charge is 0.478 e. The summed E-state index contributed by atoms with van der Waals surface area (Å²) in [6.07, 6.45) is 0. The summed E-state index contributed by atoms with van der Waals surface area (Å²) < 4.78 is 5.33. The first-order chi connectivity index (χ1) is 9.99. The Morgan fingerprint density at radius 1 is 1.38 bits per heavy atom. The third-order valence-electron chi connectivity index (χ3n) is 3.56. The van der Waals surface area contributed by atoms with Gasteiger partial charge in [0.2, 0.25) is 0 Å². The summed E-state index contributed by atoms with van der Waals surface area (Å²) in [5.74, 6) is -0.951. The first-order valence-corrected chi connectivity index (χ1v) is 6.90. The van der Waals surface area contributed by atoms with Crippen LogP contribution in [0.25, 0.3) is 0 Å². The third kappa shape index (κ3) is 3.72. The van der Waals surface area contributed by atoms with E-state index < -0.39 is 5.97 Å². The molecule has 1 atom stereocenters. The quantitative estimate of drug-likeness (QED) is 0.919. The zero-order chi connectivity index (χ0) is 15.4. The Kier molecular flexibility index (Phi) is 4.80. The predicted octanol–water partition coefficient (Wildman–Crippen LogP) is 1.66. The number of urea groups is 1. The van der Waals surface area contributed by atoms with Crippen LogP contribution in [0.2, 0.25) is 0 Å². The minimum atomic E-state index is -0.951. The third-order valence-corrected chi connectivity index (χ3v) is 3.56. The van der Waals surface area contributed by atoms with E-state index in [-0.39, 0.29) is 17.6 Å². The van der Waals surface area contributed by atoms with Crippen molar-refractivity contribution in [2.75, 3.05) is 26.8 Å². The summed E-state index contributed by atoms with van der Waals surface area (Å²) in [4.78, 5) is 26.6. The standard InChI is InChI=1S/C15H20N2O4/c1-11-10-21-8-7-17(11)15(20)16(2)9-12-3-5-13(6-4-12)14(18)19/h3-6,11H,7-10H2,1-2H3,(H,18,19). The van der Waals surface area contributed by atoms with Gasteiger partial charge >= 0.3 is 12.0 Å². The number of ether oxygens (including phenoxy) is 1. The number of carbonyl (C=O) groups is 2. The maximum atomic E-state index is 12.4. The van der Waals surface area contributed by atoms with Crippen LogP contribution in [-0.2, 0) is 11.3 Å². The summed E-state index contributed by atoms with van der Waals surface area (Å²) >= 11 is 0. The van der Waals surface area contributed by atoms with Crippen molar-refractivity contribution >= 4 is 12.0 Å². The maximum absolute atomic E-state index is 12.4. The number of benzene rings is 1. The summed E-state index contributed by atoms with van der Waals surface area (Å²) in [5.41, 5.74) is 1.14. The minimum absolute atomic E-state index is 0.0342. The lowest BCUT2D eigenvalue weighted by molar-refractivity contribution is 0.0115. The van der Waals surface area contributed by atoms with Crippen molar-refractivity contribution in [1.29, 1.82) is 0 Å². The van der Waals surface area contributed by atoms with Crippen LogP contribution in [0.4, 0.5) is 4.79 Å². The molecule has 0 aromatic heterocycles. The fourth-order valence-electron chi connectivity index (χ4n) is 2.32. The highest BCUT2D eigenvalue weighted by Gasteiger charge is 2.26. The average Bonchev–Trinajstić information content (AvgIpc) is 2.47. The number of rotatable bonds is 3. The van der Waals surface area contributed by atoms with E-state index in [0.29, 0.717) is 26.3 Å². The summed E-state index contributed by atoms with van der Waals surface area (Å²) in [6, 6.07) is 6.60. The Balaban J connectivity index is 1.98. The average molecular weight is 292 g/mol. The monoisotopic (exact) mass is 292 g/mol. The van der Waals surface area contributed by atoms with Gasteiger partial charge in [0.15, 0.2) is 0 Å². The number of amides is 2. The molecule has 0 saturated carbocycles. The van der Waals surface area contributed by atoms with Crippen LogP contribution in [0.5, 0.6) is 0 Å². The van der Waals surface area contributed by atoms with E-state index >= 15 is 0 Å². The van der Waals surface area contributed by atoms with Crippen molar-refractivity contribution in [1.82, 2.24) is 9.80 Å². The zero-order valence-electron chi connectivity index (χ0n) is 12.3. The summed E-state index contributed by atoms with van der Waals surface area (Å²) in [7, 11) is 1.75. The SMILES string of the molecule is CC1COCCN1C(=O)N(C)Cc1ccc(C(=O)O)cc1. The summed E-state index contributed by atoms with van der Waals surface area (Å²) in [6.45, 7) is 4.14. The van der Waals surface area contributed by atoms with E-state index in [1.165, 1.54) is 0 Å². The molecule has 1 aliphatic heterocycles. The number of carboxylic acids is 1. The van der Waals surface area contributed by atoms with Gasteiger partial charge in [-0.25, -0.2) is 9.59 Å². The van der Waals surface area contributed by atoms with Gasteiger partial charge in [-0.3, -0.25) is 0 Å². The van der Waals surface area contributed by atoms with Crippen LogP contribution < -0.4 is 0 Å². The highest BCUT2D eigenvalue weighted by Crippen LogP contribution is 2.12. The Bertz CT molecular complexity index is 515. The minimum Gasteiger partial charge on any atom is -0.478 e. The lowest BCUT2D eigenvalue weighted by atomic mass is 10.1. The molecule has 0 aliphatic carbocycles. The van der Waals surface area contributed by atoms with Gasteiger partial charge in [-0.1, -0.05) is 12.1 Å². The van der Waals surface area contributed by atoms with E-state index in [9.17, 15) is 9.59 Å². The van der Waals surface area contributed by atoms with Gasteiger partial charge < -0.3 is 19.6 Å². The van der Waals surface area contributed by atoms with E-state index in [0.717, 1.165) is 5.56 Å². The van der Waals surface area contributed by atoms with Gasteiger partial charge in [0.25, 0.3) is 0 Å². The lowest BCUT2D eigenvalue weighted by Crippen LogP contribution is -2.51. The molecule has 21 heavy (non-hydrogen) atoms. The van der Waals surface area contributed by atoms with Crippen LogP contribution in [-0.4, -0.2) is 59.8 Å². The maximum Gasteiger partial charge on any atom is 0.335 e. The first-order valence-electron chi connectivity index (χ1n) is 6.90. The molecule has 0 bridgehead atoms.